The number of nitrogens with zero attached hydrogens (tertiary/aromatic N) is 1. The summed E-state index contributed by atoms with van der Waals surface area (Å²) in [5.74, 6) is 0.654. The maximum absolute atomic E-state index is 6.21. The highest BCUT2D eigenvalue weighted by molar-refractivity contribution is 9.10. The van der Waals surface area contributed by atoms with E-state index in [2.05, 4.69) is 20.9 Å². The molecule has 0 aliphatic rings. The highest BCUT2D eigenvalue weighted by Crippen LogP contribution is 2.31. The van der Waals surface area contributed by atoms with Crippen molar-refractivity contribution in [2.45, 2.75) is 6.04 Å². The number of aromatic nitrogens is 1. The number of hydrogen-bond acceptors (Lipinski definition) is 3. The minimum atomic E-state index is -0.425. The quantitative estimate of drug-likeness (QED) is 0.938. The Kier molecular flexibility index (Phi) is 4.22. The molecule has 1 atom stereocenters. The molecule has 1 heterocycles. The van der Waals surface area contributed by atoms with E-state index in [-0.39, 0.29) is 0 Å². The van der Waals surface area contributed by atoms with Crippen LogP contribution in [0, 0.1) is 0 Å². The predicted octanol–water partition coefficient (Wildman–Crippen LogP) is 3.55. The van der Waals surface area contributed by atoms with Gasteiger partial charge in [-0.3, -0.25) is 4.98 Å². The maximum atomic E-state index is 6.21. The average molecular weight is 328 g/mol. The third-order valence-corrected chi connectivity index (χ3v) is 3.44. The maximum Gasteiger partial charge on any atom is 0.142 e. The molecule has 0 bridgehead atoms. The van der Waals surface area contributed by atoms with Gasteiger partial charge in [-0.25, -0.2) is 0 Å². The van der Waals surface area contributed by atoms with Gasteiger partial charge in [-0.15, -0.1) is 0 Å². The Balaban J connectivity index is 2.47. The van der Waals surface area contributed by atoms with Gasteiger partial charge in [-0.2, -0.15) is 0 Å². The second-order valence-corrected chi connectivity index (χ2v) is 5.06. The molecule has 18 heavy (non-hydrogen) atoms. The van der Waals surface area contributed by atoms with Gasteiger partial charge in [0.1, 0.15) is 11.4 Å². The van der Waals surface area contributed by atoms with Crippen LogP contribution in [0.1, 0.15) is 17.3 Å². The van der Waals surface area contributed by atoms with Gasteiger partial charge in [0.25, 0.3) is 0 Å². The first kappa shape index (κ1) is 13.3. The first-order valence-electron chi connectivity index (χ1n) is 5.33. The van der Waals surface area contributed by atoms with Crippen molar-refractivity contribution in [1.29, 1.82) is 0 Å². The van der Waals surface area contributed by atoms with E-state index in [9.17, 15) is 0 Å². The SMILES string of the molecule is COc1cccnc1C(N)c1cc(Br)ccc1Cl. The Labute approximate surface area is 119 Å². The number of pyridine rings is 1. The number of halogens is 2. The fourth-order valence-electron chi connectivity index (χ4n) is 1.71. The lowest BCUT2D eigenvalue weighted by molar-refractivity contribution is 0.404. The molecule has 1 unspecified atom stereocenters. The van der Waals surface area contributed by atoms with E-state index in [0.717, 1.165) is 10.0 Å². The molecule has 2 N–H and O–H groups in total. The molecule has 0 aliphatic heterocycles. The average Bonchev–Trinajstić information content (AvgIpc) is 2.40. The van der Waals surface area contributed by atoms with Crippen molar-refractivity contribution in [1.82, 2.24) is 4.98 Å². The third-order valence-electron chi connectivity index (χ3n) is 2.61. The minimum Gasteiger partial charge on any atom is -0.495 e. The zero-order chi connectivity index (χ0) is 13.1. The number of methoxy groups -OCH3 is 1. The lowest BCUT2D eigenvalue weighted by atomic mass is 10.0. The molecule has 2 aromatic rings. The monoisotopic (exact) mass is 326 g/mol. The van der Waals surface area contributed by atoms with Crippen LogP contribution in [0.25, 0.3) is 0 Å². The molecular formula is C13H12BrClN2O. The third kappa shape index (κ3) is 2.66. The van der Waals surface area contributed by atoms with Crippen LogP contribution < -0.4 is 10.5 Å². The molecule has 0 radical (unpaired) electrons. The van der Waals surface area contributed by atoms with Crippen LogP contribution in [-0.2, 0) is 0 Å². The molecule has 2 rings (SSSR count). The normalized spacial score (nSPS) is 12.2. The molecule has 1 aromatic heterocycles. The first-order valence-corrected chi connectivity index (χ1v) is 6.50. The lowest BCUT2D eigenvalue weighted by Gasteiger charge is -2.16. The van der Waals surface area contributed by atoms with Gasteiger partial charge in [0.15, 0.2) is 0 Å². The zero-order valence-electron chi connectivity index (χ0n) is 9.73. The number of nitrogens with two attached hydrogens (primary N) is 1. The molecule has 3 nitrogen and oxygen atoms in total. The highest BCUT2D eigenvalue weighted by Gasteiger charge is 2.18. The Bertz CT molecular complexity index is 562. The zero-order valence-corrected chi connectivity index (χ0v) is 12.1. The van der Waals surface area contributed by atoms with E-state index < -0.39 is 6.04 Å². The van der Waals surface area contributed by atoms with Crippen molar-refractivity contribution in [2.75, 3.05) is 7.11 Å². The van der Waals surface area contributed by atoms with E-state index in [1.54, 1.807) is 25.4 Å². The number of benzene rings is 1. The largest absolute Gasteiger partial charge is 0.495 e. The Hall–Kier alpha value is -1.10. The minimum absolute atomic E-state index is 0.425. The van der Waals surface area contributed by atoms with Gasteiger partial charge in [0.2, 0.25) is 0 Å². The van der Waals surface area contributed by atoms with E-state index in [1.165, 1.54) is 0 Å². The summed E-state index contributed by atoms with van der Waals surface area (Å²) < 4.78 is 6.18. The fourth-order valence-corrected chi connectivity index (χ4v) is 2.32. The second kappa shape index (κ2) is 5.69. The molecule has 0 saturated heterocycles. The summed E-state index contributed by atoms with van der Waals surface area (Å²) in [6.45, 7) is 0. The van der Waals surface area contributed by atoms with E-state index >= 15 is 0 Å². The first-order chi connectivity index (χ1) is 8.63. The molecule has 0 aliphatic carbocycles. The summed E-state index contributed by atoms with van der Waals surface area (Å²) in [5, 5.41) is 0.610. The number of ether oxygens (including phenoxy) is 1. The molecule has 5 heteroatoms. The topological polar surface area (TPSA) is 48.1 Å². The summed E-state index contributed by atoms with van der Waals surface area (Å²) in [5.41, 5.74) is 7.69. The van der Waals surface area contributed by atoms with Crippen molar-refractivity contribution in [3.05, 3.63) is 57.3 Å². The molecule has 1 aromatic carbocycles. The van der Waals surface area contributed by atoms with E-state index in [4.69, 9.17) is 22.1 Å². The van der Waals surface area contributed by atoms with Gasteiger partial charge in [-0.05, 0) is 35.9 Å². The highest BCUT2D eigenvalue weighted by atomic mass is 79.9. The van der Waals surface area contributed by atoms with Gasteiger partial charge in [0.05, 0.1) is 13.2 Å². The standard InChI is InChI=1S/C13H12BrClN2O/c1-18-11-3-2-6-17-13(11)12(16)9-7-8(14)4-5-10(9)15/h2-7,12H,16H2,1H3. The van der Waals surface area contributed by atoms with Gasteiger partial charge < -0.3 is 10.5 Å². The van der Waals surface area contributed by atoms with Crippen molar-refractivity contribution < 1.29 is 4.74 Å². The summed E-state index contributed by atoms with van der Waals surface area (Å²) in [6.07, 6.45) is 1.68. The Morgan fingerprint density at radius 3 is 2.89 bits per heavy atom. The van der Waals surface area contributed by atoms with Gasteiger partial charge in [0, 0.05) is 15.7 Å². The van der Waals surface area contributed by atoms with E-state index in [0.29, 0.717) is 16.5 Å². The summed E-state index contributed by atoms with van der Waals surface area (Å²) >= 11 is 9.57. The summed E-state index contributed by atoms with van der Waals surface area (Å²) in [7, 11) is 1.59. The Morgan fingerprint density at radius 2 is 2.17 bits per heavy atom. The van der Waals surface area contributed by atoms with Crippen LogP contribution >= 0.6 is 27.5 Å². The lowest BCUT2D eigenvalue weighted by Crippen LogP contribution is -2.15. The van der Waals surface area contributed by atoms with E-state index in [1.807, 2.05) is 18.2 Å². The molecular weight excluding hydrogens is 316 g/mol. The number of rotatable bonds is 3. The molecule has 0 spiro atoms. The summed E-state index contributed by atoms with van der Waals surface area (Å²) in [6, 6.07) is 8.77. The molecule has 0 amide bonds. The van der Waals surface area contributed by atoms with Gasteiger partial charge in [-0.1, -0.05) is 27.5 Å². The van der Waals surface area contributed by atoms with Crippen LogP contribution in [0.15, 0.2) is 41.0 Å². The van der Waals surface area contributed by atoms with Crippen molar-refractivity contribution in [3.8, 4) is 5.75 Å². The van der Waals surface area contributed by atoms with Crippen LogP contribution in [0.3, 0.4) is 0 Å². The molecule has 0 saturated carbocycles. The van der Waals surface area contributed by atoms with Gasteiger partial charge >= 0.3 is 0 Å². The number of hydrogen-bond donors (Lipinski definition) is 1. The van der Waals surface area contributed by atoms with Crippen molar-refractivity contribution in [3.63, 3.8) is 0 Å². The molecule has 94 valence electrons. The van der Waals surface area contributed by atoms with Crippen LogP contribution in [0.2, 0.25) is 5.02 Å². The van der Waals surface area contributed by atoms with Crippen LogP contribution in [0.4, 0.5) is 0 Å². The van der Waals surface area contributed by atoms with Crippen molar-refractivity contribution >= 4 is 27.5 Å². The van der Waals surface area contributed by atoms with Crippen LogP contribution in [-0.4, -0.2) is 12.1 Å². The fraction of sp³-hybridized carbons (Fsp3) is 0.154. The summed E-state index contributed by atoms with van der Waals surface area (Å²) in [4.78, 5) is 4.27. The van der Waals surface area contributed by atoms with Crippen LogP contribution in [0.5, 0.6) is 5.75 Å². The Morgan fingerprint density at radius 1 is 1.39 bits per heavy atom. The second-order valence-electron chi connectivity index (χ2n) is 3.73. The van der Waals surface area contributed by atoms with Crippen molar-refractivity contribution in [2.24, 2.45) is 5.73 Å². The smallest absolute Gasteiger partial charge is 0.142 e. The molecule has 0 fully saturated rings. The predicted molar refractivity (Wildman–Crippen MR) is 76.0 cm³/mol.